The van der Waals surface area contributed by atoms with Gasteiger partial charge in [0.2, 0.25) is 11.8 Å². The first-order valence-electron chi connectivity index (χ1n) is 6.37. The summed E-state index contributed by atoms with van der Waals surface area (Å²) < 4.78 is 5.25. The van der Waals surface area contributed by atoms with E-state index in [0.29, 0.717) is 5.75 Å². The number of nitrogens with two attached hydrogens (primary N) is 1. The molecule has 3 unspecified atom stereocenters. The molecule has 0 radical (unpaired) electrons. The lowest BCUT2D eigenvalue weighted by atomic mass is 10.1. The molecule has 19 heavy (non-hydrogen) atoms. The van der Waals surface area contributed by atoms with Gasteiger partial charge in [0.25, 0.3) is 0 Å². The molecule has 2 fully saturated rings. The summed E-state index contributed by atoms with van der Waals surface area (Å²) in [6.07, 6.45) is 0.720. The molecule has 3 atom stereocenters. The van der Waals surface area contributed by atoms with Crippen LogP contribution < -0.4 is 10.5 Å². The van der Waals surface area contributed by atoms with E-state index in [2.05, 4.69) is 0 Å². The number of nitrogens with zero attached hydrogens (tertiary/aromatic N) is 1. The third-order valence-electron chi connectivity index (χ3n) is 3.87. The van der Waals surface area contributed by atoms with Crippen LogP contribution in [-0.4, -0.2) is 30.4 Å². The van der Waals surface area contributed by atoms with Crippen LogP contribution in [0.2, 0.25) is 0 Å². The SMILES string of the molecule is COc1ccccc1C(N)CN1C(=O)C2CC2C1=O. The Bertz CT molecular complexity index is 523. The third kappa shape index (κ3) is 1.90. The van der Waals surface area contributed by atoms with Gasteiger partial charge in [-0.25, -0.2) is 0 Å². The fraction of sp³-hybridized carbons (Fsp3) is 0.429. The van der Waals surface area contributed by atoms with Crippen molar-refractivity contribution in [2.75, 3.05) is 13.7 Å². The summed E-state index contributed by atoms with van der Waals surface area (Å²) in [6, 6.07) is 6.98. The smallest absolute Gasteiger partial charge is 0.233 e. The molecule has 1 saturated carbocycles. The Balaban J connectivity index is 1.76. The third-order valence-corrected chi connectivity index (χ3v) is 3.87. The number of methoxy groups -OCH3 is 1. The van der Waals surface area contributed by atoms with Crippen LogP contribution in [0.15, 0.2) is 24.3 Å². The summed E-state index contributed by atoms with van der Waals surface area (Å²) in [5.74, 6) is 0.398. The second-order valence-electron chi connectivity index (χ2n) is 5.08. The van der Waals surface area contributed by atoms with Crippen molar-refractivity contribution in [3.05, 3.63) is 29.8 Å². The van der Waals surface area contributed by atoms with Gasteiger partial charge in [-0.3, -0.25) is 14.5 Å². The highest BCUT2D eigenvalue weighted by Gasteiger charge is 2.58. The van der Waals surface area contributed by atoms with Gasteiger partial charge < -0.3 is 10.5 Å². The number of carbonyl (C=O) groups is 2. The first-order valence-corrected chi connectivity index (χ1v) is 6.37. The van der Waals surface area contributed by atoms with E-state index in [-0.39, 0.29) is 30.2 Å². The number of likely N-dealkylation sites (tertiary alicyclic amines) is 1. The second-order valence-corrected chi connectivity index (χ2v) is 5.08. The summed E-state index contributed by atoms with van der Waals surface area (Å²) >= 11 is 0. The highest BCUT2D eigenvalue weighted by molar-refractivity contribution is 6.08. The number of para-hydroxylation sites is 1. The van der Waals surface area contributed by atoms with Gasteiger partial charge in [-0.2, -0.15) is 0 Å². The Kier molecular flexibility index (Phi) is 2.78. The zero-order valence-electron chi connectivity index (χ0n) is 10.7. The Morgan fingerprint density at radius 2 is 1.95 bits per heavy atom. The molecule has 3 rings (SSSR count). The Morgan fingerprint density at radius 1 is 1.32 bits per heavy atom. The van der Waals surface area contributed by atoms with Crippen molar-refractivity contribution in [1.82, 2.24) is 4.90 Å². The van der Waals surface area contributed by atoms with Crippen molar-refractivity contribution < 1.29 is 14.3 Å². The molecule has 1 saturated heterocycles. The lowest BCUT2D eigenvalue weighted by Crippen LogP contribution is -2.38. The molecular weight excluding hydrogens is 244 g/mol. The number of piperidine rings is 1. The highest BCUT2D eigenvalue weighted by Crippen LogP contribution is 2.47. The number of hydrogen-bond donors (Lipinski definition) is 1. The number of carbonyl (C=O) groups excluding carboxylic acids is 2. The van der Waals surface area contributed by atoms with Gasteiger partial charge in [-0.15, -0.1) is 0 Å². The van der Waals surface area contributed by atoms with Crippen LogP contribution in [-0.2, 0) is 9.59 Å². The Hall–Kier alpha value is -1.88. The number of imide groups is 1. The van der Waals surface area contributed by atoms with Crippen LogP contribution in [0, 0.1) is 11.8 Å². The molecule has 2 amide bonds. The van der Waals surface area contributed by atoms with E-state index in [1.54, 1.807) is 7.11 Å². The van der Waals surface area contributed by atoms with E-state index < -0.39 is 6.04 Å². The number of benzene rings is 1. The van der Waals surface area contributed by atoms with E-state index in [1.807, 2.05) is 24.3 Å². The molecule has 0 bridgehead atoms. The van der Waals surface area contributed by atoms with Crippen molar-refractivity contribution in [2.24, 2.45) is 17.6 Å². The van der Waals surface area contributed by atoms with Crippen LogP contribution in [0.1, 0.15) is 18.0 Å². The molecule has 5 nitrogen and oxygen atoms in total. The highest BCUT2D eigenvalue weighted by atomic mass is 16.5. The van der Waals surface area contributed by atoms with E-state index in [9.17, 15) is 9.59 Å². The summed E-state index contributed by atoms with van der Waals surface area (Å²) in [5, 5.41) is 0. The van der Waals surface area contributed by atoms with Gasteiger partial charge in [0.15, 0.2) is 0 Å². The minimum absolute atomic E-state index is 0.0691. The molecular formula is C14H16N2O3. The number of amides is 2. The van der Waals surface area contributed by atoms with E-state index in [4.69, 9.17) is 10.5 Å². The van der Waals surface area contributed by atoms with Gasteiger partial charge in [-0.05, 0) is 12.5 Å². The van der Waals surface area contributed by atoms with E-state index >= 15 is 0 Å². The number of ether oxygens (including phenoxy) is 1. The largest absolute Gasteiger partial charge is 0.496 e. The lowest BCUT2D eigenvalue weighted by Gasteiger charge is -2.22. The molecule has 2 aliphatic rings. The Labute approximate surface area is 111 Å². The molecule has 1 aliphatic carbocycles. The van der Waals surface area contributed by atoms with Gasteiger partial charge in [0.1, 0.15) is 5.75 Å². The fourth-order valence-electron chi connectivity index (χ4n) is 2.70. The maximum absolute atomic E-state index is 11.9. The first kappa shape index (κ1) is 12.2. The average molecular weight is 260 g/mol. The lowest BCUT2D eigenvalue weighted by molar-refractivity contribution is -0.141. The van der Waals surface area contributed by atoms with Crippen LogP contribution in [0.4, 0.5) is 0 Å². The zero-order valence-corrected chi connectivity index (χ0v) is 10.7. The predicted octanol–water partition coefficient (Wildman–Crippen LogP) is 0.700. The zero-order chi connectivity index (χ0) is 13.6. The summed E-state index contributed by atoms with van der Waals surface area (Å²) in [5.41, 5.74) is 6.92. The molecule has 0 spiro atoms. The van der Waals surface area contributed by atoms with Crippen LogP contribution in [0.25, 0.3) is 0 Å². The van der Waals surface area contributed by atoms with Crippen LogP contribution in [0.3, 0.4) is 0 Å². The van der Waals surface area contributed by atoms with Gasteiger partial charge in [0, 0.05) is 12.1 Å². The van der Waals surface area contributed by atoms with E-state index in [0.717, 1.165) is 12.0 Å². The van der Waals surface area contributed by atoms with Crippen molar-refractivity contribution in [3.8, 4) is 5.75 Å². The Morgan fingerprint density at radius 3 is 2.58 bits per heavy atom. The molecule has 5 heteroatoms. The van der Waals surface area contributed by atoms with Gasteiger partial charge in [0.05, 0.1) is 25.0 Å². The van der Waals surface area contributed by atoms with Crippen LogP contribution >= 0.6 is 0 Å². The first-order chi connectivity index (χ1) is 9.13. The average Bonchev–Trinajstić information content (AvgIpc) is 3.19. The minimum atomic E-state index is -0.415. The predicted molar refractivity (Wildman–Crippen MR) is 68.2 cm³/mol. The molecule has 1 aromatic carbocycles. The second kappa shape index (κ2) is 4.35. The standard InChI is InChI=1S/C14H16N2O3/c1-19-12-5-3-2-4-8(12)11(15)7-16-13(17)9-6-10(9)14(16)18/h2-5,9-11H,6-7,15H2,1H3. The molecule has 100 valence electrons. The van der Waals surface area contributed by atoms with Crippen molar-refractivity contribution in [1.29, 1.82) is 0 Å². The topological polar surface area (TPSA) is 72.6 Å². The van der Waals surface area contributed by atoms with Crippen molar-refractivity contribution in [2.45, 2.75) is 12.5 Å². The molecule has 1 heterocycles. The van der Waals surface area contributed by atoms with Crippen molar-refractivity contribution in [3.63, 3.8) is 0 Å². The number of fused-ring (bicyclic) bond motifs is 1. The normalized spacial score (nSPS) is 26.3. The fourth-order valence-corrected chi connectivity index (χ4v) is 2.70. The molecule has 2 N–H and O–H groups in total. The van der Waals surface area contributed by atoms with Gasteiger partial charge in [-0.1, -0.05) is 18.2 Å². The summed E-state index contributed by atoms with van der Waals surface area (Å²) in [7, 11) is 1.58. The maximum Gasteiger partial charge on any atom is 0.233 e. The molecule has 1 aromatic rings. The van der Waals surface area contributed by atoms with Crippen LogP contribution in [0.5, 0.6) is 5.75 Å². The summed E-state index contributed by atoms with van der Waals surface area (Å²) in [4.78, 5) is 25.1. The van der Waals surface area contributed by atoms with Crippen molar-refractivity contribution >= 4 is 11.8 Å². The number of rotatable bonds is 4. The monoisotopic (exact) mass is 260 g/mol. The van der Waals surface area contributed by atoms with Gasteiger partial charge >= 0.3 is 0 Å². The minimum Gasteiger partial charge on any atom is -0.496 e. The maximum atomic E-state index is 11.9. The molecule has 0 aromatic heterocycles. The van der Waals surface area contributed by atoms with E-state index in [1.165, 1.54) is 4.90 Å². The quantitative estimate of drug-likeness (QED) is 0.809. The summed E-state index contributed by atoms with van der Waals surface area (Å²) in [6.45, 7) is 0.227. The molecule has 1 aliphatic heterocycles. The number of hydrogen-bond acceptors (Lipinski definition) is 4.